The lowest BCUT2D eigenvalue weighted by molar-refractivity contribution is -0.151. The van der Waals surface area contributed by atoms with Crippen LogP contribution in [0.15, 0.2) is 24.3 Å². The number of benzene rings is 1. The van der Waals surface area contributed by atoms with E-state index in [2.05, 4.69) is 0 Å². The number of anilines is 1. The SMILES string of the molecule is CCOC(=O)C1CCN(C(=O)C(C)N2C(=O)C3CCCCN3C(=O)c3ccccc32)CC1. The molecule has 4 rings (SSSR count). The number of hydrogen-bond acceptors (Lipinski definition) is 5. The van der Waals surface area contributed by atoms with Gasteiger partial charge in [0.15, 0.2) is 0 Å². The highest BCUT2D eigenvalue weighted by atomic mass is 16.5. The molecule has 2 atom stereocenters. The number of fused-ring (bicyclic) bond motifs is 2. The first-order valence-corrected chi connectivity index (χ1v) is 11.6. The number of nitrogens with zero attached hydrogens (tertiary/aromatic N) is 3. The van der Waals surface area contributed by atoms with Gasteiger partial charge in [0, 0.05) is 19.6 Å². The molecule has 0 radical (unpaired) electrons. The van der Waals surface area contributed by atoms with Gasteiger partial charge in [-0.3, -0.25) is 24.1 Å². The average molecular weight is 442 g/mol. The second kappa shape index (κ2) is 9.30. The molecular formula is C24H31N3O5. The zero-order valence-electron chi connectivity index (χ0n) is 18.8. The van der Waals surface area contributed by atoms with Crippen LogP contribution in [0.4, 0.5) is 5.69 Å². The van der Waals surface area contributed by atoms with Crippen LogP contribution in [-0.4, -0.2) is 71.8 Å². The maximum atomic E-state index is 13.6. The first kappa shape index (κ1) is 22.3. The minimum atomic E-state index is -0.738. The third kappa shape index (κ3) is 3.98. The van der Waals surface area contributed by atoms with Crippen molar-refractivity contribution in [3.63, 3.8) is 0 Å². The number of para-hydroxylation sites is 1. The maximum Gasteiger partial charge on any atom is 0.309 e. The monoisotopic (exact) mass is 441 g/mol. The Morgan fingerprint density at radius 2 is 1.78 bits per heavy atom. The van der Waals surface area contributed by atoms with E-state index in [4.69, 9.17) is 4.74 Å². The van der Waals surface area contributed by atoms with Crippen molar-refractivity contribution in [1.29, 1.82) is 0 Å². The van der Waals surface area contributed by atoms with Crippen molar-refractivity contribution in [1.82, 2.24) is 9.80 Å². The molecule has 0 aromatic heterocycles. The molecule has 0 saturated carbocycles. The van der Waals surface area contributed by atoms with Gasteiger partial charge in [0.25, 0.3) is 11.8 Å². The van der Waals surface area contributed by atoms with Crippen molar-refractivity contribution >= 4 is 29.4 Å². The Balaban J connectivity index is 1.57. The molecule has 0 N–H and O–H groups in total. The summed E-state index contributed by atoms with van der Waals surface area (Å²) in [5.41, 5.74) is 0.963. The number of esters is 1. The van der Waals surface area contributed by atoms with Crippen LogP contribution in [0.25, 0.3) is 0 Å². The highest BCUT2D eigenvalue weighted by molar-refractivity contribution is 6.13. The van der Waals surface area contributed by atoms with Crippen molar-refractivity contribution in [2.75, 3.05) is 31.1 Å². The molecule has 2 saturated heterocycles. The summed E-state index contributed by atoms with van der Waals surface area (Å²) in [5.74, 6) is -0.892. The summed E-state index contributed by atoms with van der Waals surface area (Å²) >= 11 is 0. The molecule has 32 heavy (non-hydrogen) atoms. The smallest absolute Gasteiger partial charge is 0.309 e. The van der Waals surface area contributed by atoms with Crippen LogP contribution in [0.1, 0.15) is 56.3 Å². The van der Waals surface area contributed by atoms with E-state index < -0.39 is 12.1 Å². The number of likely N-dealkylation sites (tertiary alicyclic amines) is 1. The number of ether oxygens (including phenoxy) is 1. The molecule has 2 unspecified atom stereocenters. The Morgan fingerprint density at radius 3 is 2.50 bits per heavy atom. The second-order valence-corrected chi connectivity index (χ2v) is 8.76. The van der Waals surface area contributed by atoms with Gasteiger partial charge in [-0.15, -0.1) is 0 Å². The van der Waals surface area contributed by atoms with Crippen molar-refractivity contribution in [3.8, 4) is 0 Å². The van der Waals surface area contributed by atoms with E-state index in [1.165, 1.54) is 4.90 Å². The highest BCUT2D eigenvalue weighted by Gasteiger charge is 2.44. The summed E-state index contributed by atoms with van der Waals surface area (Å²) in [7, 11) is 0. The summed E-state index contributed by atoms with van der Waals surface area (Å²) in [5, 5.41) is 0. The summed E-state index contributed by atoms with van der Waals surface area (Å²) in [6.07, 6.45) is 3.48. The third-order valence-corrected chi connectivity index (χ3v) is 6.85. The van der Waals surface area contributed by atoms with Crippen LogP contribution in [0.3, 0.4) is 0 Å². The fourth-order valence-corrected chi connectivity index (χ4v) is 5.10. The lowest BCUT2D eigenvalue weighted by Crippen LogP contribution is -2.56. The maximum absolute atomic E-state index is 13.6. The molecule has 3 heterocycles. The van der Waals surface area contributed by atoms with Crippen molar-refractivity contribution in [2.24, 2.45) is 5.92 Å². The number of piperidine rings is 2. The van der Waals surface area contributed by atoms with E-state index in [1.807, 2.05) is 0 Å². The lowest BCUT2D eigenvalue weighted by Gasteiger charge is -2.38. The van der Waals surface area contributed by atoms with E-state index in [0.717, 1.165) is 12.8 Å². The summed E-state index contributed by atoms with van der Waals surface area (Å²) in [6, 6.07) is 5.79. The molecule has 0 spiro atoms. The first-order valence-electron chi connectivity index (χ1n) is 11.6. The number of carbonyl (C=O) groups excluding carboxylic acids is 4. The standard InChI is InChI=1S/C24H31N3O5/c1-3-32-24(31)17-11-14-25(15-12-17)21(28)16(2)27-19-9-5-4-8-18(19)22(29)26-13-7-6-10-20(26)23(27)30/h4-5,8-9,16-17,20H,3,6-7,10-15H2,1-2H3. The van der Waals surface area contributed by atoms with Gasteiger partial charge in [-0.05, 0) is 58.1 Å². The zero-order chi connectivity index (χ0) is 22.8. The first-order chi connectivity index (χ1) is 15.4. The van der Waals surface area contributed by atoms with Gasteiger partial charge >= 0.3 is 5.97 Å². The molecule has 3 amide bonds. The Morgan fingerprint density at radius 1 is 1.06 bits per heavy atom. The molecule has 2 fully saturated rings. The molecule has 0 aliphatic carbocycles. The Bertz CT molecular complexity index is 909. The quantitative estimate of drug-likeness (QED) is 0.669. The van der Waals surface area contributed by atoms with Gasteiger partial charge < -0.3 is 14.5 Å². The van der Waals surface area contributed by atoms with Crippen LogP contribution in [0.2, 0.25) is 0 Å². The van der Waals surface area contributed by atoms with Gasteiger partial charge in [0.2, 0.25) is 5.91 Å². The fourth-order valence-electron chi connectivity index (χ4n) is 5.10. The normalized spacial score (nSPS) is 22.7. The predicted molar refractivity (Wildman–Crippen MR) is 118 cm³/mol. The molecule has 172 valence electrons. The van der Waals surface area contributed by atoms with Crippen molar-refractivity contribution in [2.45, 2.75) is 58.0 Å². The molecule has 1 aromatic carbocycles. The molecule has 3 aliphatic rings. The molecule has 0 bridgehead atoms. The Kier molecular flexibility index (Phi) is 6.48. The Hall–Kier alpha value is -2.90. The van der Waals surface area contributed by atoms with E-state index in [-0.39, 0.29) is 29.6 Å². The highest BCUT2D eigenvalue weighted by Crippen LogP contribution is 2.33. The molecule has 8 heteroatoms. The minimum Gasteiger partial charge on any atom is -0.466 e. The van der Waals surface area contributed by atoms with Crippen molar-refractivity contribution in [3.05, 3.63) is 29.8 Å². The minimum absolute atomic E-state index is 0.143. The van der Waals surface area contributed by atoms with Gasteiger partial charge in [0.1, 0.15) is 12.1 Å². The summed E-state index contributed by atoms with van der Waals surface area (Å²) < 4.78 is 5.12. The van der Waals surface area contributed by atoms with Gasteiger partial charge in [-0.25, -0.2) is 0 Å². The fraction of sp³-hybridized carbons (Fsp3) is 0.583. The van der Waals surface area contributed by atoms with Crippen molar-refractivity contribution < 1.29 is 23.9 Å². The summed E-state index contributed by atoms with van der Waals surface area (Å²) in [4.78, 5) is 57.2. The van der Waals surface area contributed by atoms with Crippen LogP contribution < -0.4 is 4.90 Å². The molecule has 1 aromatic rings. The molecular weight excluding hydrogens is 410 g/mol. The largest absolute Gasteiger partial charge is 0.466 e. The van der Waals surface area contributed by atoms with Crippen LogP contribution in [0, 0.1) is 5.92 Å². The van der Waals surface area contributed by atoms with Gasteiger partial charge in [-0.2, -0.15) is 0 Å². The topological polar surface area (TPSA) is 87.2 Å². The zero-order valence-corrected chi connectivity index (χ0v) is 18.8. The predicted octanol–water partition coefficient (Wildman–Crippen LogP) is 2.22. The number of rotatable bonds is 4. The van der Waals surface area contributed by atoms with E-state index in [0.29, 0.717) is 56.8 Å². The van der Waals surface area contributed by atoms with Crippen LogP contribution >= 0.6 is 0 Å². The second-order valence-electron chi connectivity index (χ2n) is 8.76. The summed E-state index contributed by atoms with van der Waals surface area (Å²) in [6.45, 7) is 5.32. The van der Waals surface area contributed by atoms with Crippen LogP contribution in [0.5, 0.6) is 0 Å². The number of amides is 3. The third-order valence-electron chi connectivity index (χ3n) is 6.85. The molecule has 8 nitrogen and oxygen atoms in total. The van der Waals surface area contributed by atoms with Crippen LogP contribution in [-0.2, 0) is 19.1 Å². The Labute approximate surface area is 188 Å². The molecule has 3 aliphatic heterocycles. The number of hydrogen-bond donors (Lipinski definition) is 0. The van der Waals surface area contributed by atoms with Gasteiger partial charge in [0.05, 0.1) is 23.8 Å². The average Bonchev–Trinajstić information content (AvgIpc) is 2.92. The lowest BCUT2D eigenvalue weighted by atomic mass is 9.96. The van der Waals surface area contributed by atoms with E-state index in [1.54, 1.807) is 47.9 Å². The van der Waals surface area contributed by atoms with E-state index in [9.17, 15) is 19.2 Å². The van der Waals surface area contributed by atoms with Gasteiger partial charge in [-0.1, -0.05) is 12.1 Å². The van der Waals surface area contributed by atoms with E-state index >= 15 is 0 Å². The number of carbonyl (C=O) groups is 4.